The van der Waals surface area contributed by atoms with Crippen molar-refractivity contribution in [2.75, 3.05) is 0 Å². The largest absolute Gasteiger partial charge is 0.508 e. The molecular weight excluding hydrogens is 280 g/mol. The van der Waals surface area contributed by atoms with E-state index in [1.165, 1.54) is 12.1 Å². The minimum atomic E-state index is -0.551. The zero-order valence-electron chi connectivity index (χ0n) is 12.0. The van der Waals surface area contributed by atoms with Gasteiger partial charge < -0.3 is 10.2 Å². The van der Waals surface area contributed by atoms with E-state index in [1.807, 2.05) is 36.4 Å². The summed E-state index contributed by atoms with van der Waals surface area (Å²) in [5.41, 5.74) is 4.03. The molecule has 2 rings (SSSR count). The Balaban J connectivity index is 2.01. The number of hydrazone groups is 1. The molecule has 0 aliphatic carbocycles. The number of allylic oxidation sites excluding steroid dienone is 1. The summed E-state index contributed by atoms with van der Waals surface area (Å²) >= 11 is 0. The fraction of sp³-hybridized carbons (Fsp3) is 0.0588. The minimum absolute atomic E-state index is 0.0430. The first-order chi connectivity index (χ1) is 10.6. The van der Waals surface area contributed by atoms with Crippen molar-refractivity contribution in [3.8, 4) is 11.5 Å². The fourth-order valence-corrected chi connectivity index (χ4v) is 1.73. The molecule has 0 aliphatic rings. The number of phenolic OH excluding ortho intramolecular Hbond substituents is 2. The van der Waals surface area contributed by atoms with Crippen molar-refractivity contribution in [3.63, 3.8) is 0 Å². The van der Waals surface area contributed by atoms with Crippen LogP contribution in [0.25, 0.3) is 6.08 Å². The highest BCUT2D eigenvalue weighted by atomic mass is 16.3. The highest BCUT2D eigenvalue weighted by Crippen LogP contribution is 2.22. The molecule has 0 aromatic heterocycles. The molecule has 5 nitrogen and oxygen atoms in total. The predicted octanol–water partition coefficient (Wildman–Crippen LogP) is 2.92. The van der Waals surface area contributed by atoms with Crippen molar-refractivity contribution in [1.82, 2.24) is 5.43 Å². The van der Waals surface area contributed by atoms with Crippen LogP contribution in [-0.4, -0.2) is 21.8 Å². The van der Waals surface area contributed by atoms with Crippen LogP contribution in [0.5, 0.6) is 11.5 Å². The van der Waals surface area contributed by atoms with Crippen LogP contribution in [0.1, 0.15) is 22.8 Å². The SMILES string of the molecule is CC(/C=C/c1ccccc1)=NNC(=O)c1ccc(O)cc1O. The van der Waals surface area contributed by atoms with E-state index in [0.29, 0.717) is 5.71 Å². The Morgan fingerprint density at radius 1 is 1.14 bits per heavy atom. The monoisotopic (exact) mass is 296 g/mol. The van der Waals surface area contributed by atoms with E-state index in [2.05, 4.69) is 10.5 Å². The average Bonchev–Trinajstić information content (AvgIpc) is 2.51. The van der Waals surface area contributed by atoms with Crippen molar-refractivity contribution in [2.24, 2.45) is 5.10 Å². The van der Waals surface area contributed by atoms with Gasteiger partial charge in [-0.25, -0.2) is 5.43 Å². The number of aromatic hydroxyl groups is 2. The zero-order chi connectivity index (χ0) is 15.9. The second-order valence-electron chi connectivity index (χ2n) is 4.64. The van der Waals surface area contributed by atoms with E-state index < -0.39 is 5.91 Å². The maximum atomic E-state index is 11.9. The average molecular weight is 296 g/mol. The number of hydrogen-bond donors (Lipinski definition) is 3. The summed E-state index contributed by atoms with van der Waals surface area (Å²) in [6.07, 6.45) is 3.65. The van der Waals surface area contributed by atoms with Gasteiger partial charge in [-0.2, -0.15) is 5.10 Å². The van der Waals surface area contributed by atoms with Gasteiger partial charge in [0.2, 0.25) is 0 Å². The third-order valence-electron chi connectivity index (χ3n) is 2.88. The van der Waals surface area contributed by atoms with Gasteiger partial charge in [-0.05, 0) is 30.7 Å². The molecule has 2 aromatic rings. The number of carbonyl (C=O) groups is 1. The Morgan fingerprint density at radius 2 is 1.86 bits per heavy atom. The number of benzene rings is 2. The first-order valence-corrected chi connectivity index (χ1v) is 6.66. The number of hydrogen-bond acceptors (Lipinski definition) is 4. The lowest BCUT2D eigenvalue weighted by Gasteiger charge is -2.03. The van der Waals surface area contributed by atoms with Gasteiger partial charge in [0.05, 0.1) is 11.3 Å². The van der Waals surface area contributed by atoms with E-state index in [1.54, 1.807) is 13.0 Å². The maximum Gasteiger partial charge on any atom is 0.275 e. The third kappa shape index (κ3) is 4.21. The summed E-state index contributed by atoms with van der Waals surface area (Å²) in [7, 11) is 0. The number of rotatable bonds is 4. The molecule has 0 atom stereocenters. The van der Waals surface area contributed by atoms with Gasteiger partial charge in [-0.1, -0.05) is 36.4 Å². The molecule has 0 fully saturated rings. The smallest absolute Gasteiger partial charge is 0.275 e. The molecule has 22 heavy (non-hydrogen) atoms. The Labute approximate surface area is 128 Å². The molecule has 112 valence electrons. The summed E-state index contributed by atoms with van der Waals surface area (Å²) in [5.74, 6) is -0.963. The number of carbonyl (C=O) groups excluding carboxylic acids is 1. The van der Waals surface area contributed by atoms with E-state index in [-0.39, 0.29) is 17.1 Å². The molecule has 2 aromatic carbocycles. The molecule has 0 saturated carbocycles. The molecule has 5 heteroatoms. The highest BCUT2D eigenvalue weighted by molar-refractivity contribution is 6.00. The molecule has 0 radical (unpaired) electrons. The van der Waals surface area contributed by atoms with Gasteiger partial charge in [0.1, 0.15) is 11.5 Å². The Hall–Kier alpha value is -3.08. The number of nitrogens with one attached hydrogen (secondary N) is 1. The van der Waals surface area contributed by atoms with Crippen LogP contribution in [0.15, 0.2) is 59.7 Å². The van der Waals surface area contributed by atoms with Crippen LogP contribution in [0, 0.1) is 0 Å². The van der Waals surface area contributed by atoms with E-state index in [4.69, 9.17) is 0 Å². The van der Waals surface area contributed by atoms with Crippen LogP contribution in [-0.2, 0) is 0 Å². The Morgan fingerprint density at radius 3 is 2.55 bits per heavy atom. The van der Waals surface area contributed by atoms with Crippen molar-refractivity contribution in [1.29, 1.82) is 0 Å². The molecule has 0 unspecified atom stereocenters. The van der Waals surface area contributed by atoms with Crippen LogP contribution in [0.4, 0.5) is 0 Å². The normalized spacial score (nSPS) is 11.6. The lowest BCUT2D eigenvalue weighted by atomic mass is 10.2. The molecule has 3 N–H and O–H groups in total. The van der Waals surface area contributed by atoms with Crippen molar-refractivity contribution in [2.45, 2.75) is 6.92 Å². The zero-order valence-corrected chi connectivity index (χ0v) is 12.0. The van der Waals surface area contributed by atoms with E-state index in [9.17, 15) is 15.0 Å². The predicted molar refractivity (Wildman–Crippen MR) is 85.8 cm³/mol. The van der Waals surface area contributed by atoms with Crippen LogP contribution < -0.4 is 5.43 Å². The molecule has 1 amide bonds. The van der Waals surface area contributed by atoms with Gasteiger partial charge in [0, 0.05) is 6.07 Å². The topological polar surface area (TPSA) is 81.9 Å². The van der Waals surface area contributed by atoms with Crippen LogP contribution in [0.2, 0.25) is 0 Å². The molecule has 0 heterocycles. The number of amides is 1. The van der Waals surface area contributed by atoms with E-state index >= 15 is 0 Å². The fourth-order valence-electron chi connectivity index (χ4n) is 1.73. The maximum absolute atomic E-state index is 11.9. The molecule has 0 spiro atoms. The quantitative estimate of drug-likeness (QED) is 0.599. The molecule has 0 saturated heterocycles. The Kier molecular flexibility index (Phi) is 4.93. The summed E-state index contributed by atoms with van der Waals surface area (Å²) in [4.78, 5) is 11.9. The lowest BCUT2D eigenvalue weighted by Crippen LogP contribution is -2.18. The van der Waals surface area contributed by atoms with Crippen LogP contribution >= 0.6 is 0 Å². The summed E-state index contributed by atoms with van der Waals surface area (Å²) in [6.45, 7) is 1.75. The van der Waals surface area contributed by atoms with Crippen molar-refractivity contribution in [3.05, 3.63) is 65.7 Å². The number of nitrogens with zero attached hydrogens (tertiary/aromatic N) is 1. The summed E-state index contributed by atoms with van der Waals surface area (Å²) in [5, 5.41) is 22.7. The minimum Gasteiger partial charge on any atom is -0.508 e. The molecular formula is C17H16N2O3. The first-order valence-electron chi connectivity index (χ1n) is 6.66. The van der Waals surface area contributed by atoms with Gasteiger partial charge >= 0.3 is 0 Å². The molecule has 0 aliphatic heterocycles. The van der Waals surface area contributed by atoms with Gasteiger partial charge in [0.25, 0.3) is 5.91 Å². The molecule has 0 bridgehead atoms. The summed E-state index contributed by atoms with van der Waals surface area (Å²) < 4.78 is 0. The van der Waals surface area contributed by atoms with E-state index in [0.717, 1.165) is 11.6 Å². The van der Waals surface area contributed by atoms with Gasteiger partial charge in [-0.15, -0.1) is 0 Å². The van der Waals surface area contributed by atoms with Gasteiger partial charge in [-0.3, -0.25) is 4.79 Å². The summed E-state index contributed by atoms with van der Waals surface area (Å²) in [6, 6.07) is 13.4. The van der Waals surface area contributed by atoms with Crippen molar-refractivity contribution < 1.29 is 15.0 Å². The first kappa shape index (κ1) is 15.3. The third-order valence-corrected chi connectivity index (χ3v) is 2.88. The lowest BCUT2D eigenvalue weighted by molar-refractivity contribution is 0.0952. The van der Waals surface area contributed by atoms with Crippen LogP contribution in [0.3, 0.4) is 0 Å². The van der Waals surface area contributed by atoms with Crippen molar-refractivity contribution >= 4 is 17.7 Å². The highest BCUT2D eigenvalue weighted by Gasteiger charge is 2.10. The second kappa shape index (κ2) is 7.08. The Bertz CT molecular complexity index is 722. The number of phenols is 2. The standard InChI is InChI=1S/C17H16N2O3/c1-12(7-8-13-5-3-2-4-6-13)18-19-17(22)15-10-9-14(20)11-16(15)21/h2-11,20-21H,1H3,(H,19,22)/b8-7+,18-12?. The second-order valence-corrected chi connectivity index (χ2v) is 4.64. The van der Waals surface area contributed by atoms with Gasteiger partial charge in [0.15, 0.2) is 0 Å².